The lowest BCUT2D eigenvalue weighted by Gasteiger charge is -2.14. The predicted molar refractivity (Wildman–Crippen MR) is 128 cm³/mol. The summed E-state index contributed by atoms with van der Waals surface area (Å²) in [5.41, 5.74) is -0.519. The average Bonchev–Trinajstić information content (AvgIpc) is 3.24. The van der Waals surface area contributed by atoms with Crippen LogP contribution in [0.3, 0.4) is 0 Å². The molecule has 0 aliphatic carbocycles. The number of aromatic carboxylic acids is 1. The highest BCUT2D eigenvalue weighted by atomic mass is 35.5. The number of para-hydroxylation sites is 1. The molecular formula is C23H19ClN2O7S. The number of methoxy groups -OCH3 is 1. The molecule has 4 aromatic rings. The number of benzene rings is 2. The van der Waals surface area contributed by atoms with Gasteiger partial charge in [-0.05, 0) is 18.2 Å². The second-order valence-corrected chi connectivity index (χ2v) is 8.37. The van der Waals surface area contributed by atoms with Crippen molar-refractivity contribution in [3.05, 3.63) is 84.1 Å². The third-order valence-corrected chi connectivity index (χ3v) is 6.21. The van der Waals surface area contributed by atoms with E-state index in [1.54, 1.807) is 13.2 Å². The normalized spacial score (nSPS) is 11.0. The number of hydrogen-bond donors (Lipinski definition) is 2. The van der Waals surface area contributed by atoms with Crippen molar-refractivity contribution in [2.24, 2.45) is 0 Å². The van der Waals surface area contributed by atoms with Gasteiger partial charge in [-0.3, -0.25) is 4.79 Å². The van der Waals surface area contributed by atoms with Crippen LogP contribution in [-0.2, 0) is 11.3 Å². The van der Waals surface area contributed by atoms with Crippen molar-refractivity contribution in [2.45, 2.75) is 6.61 Å². The number of carboxylic acid groups (broad SMARTS) is 1. The number of hydrogen-bond acceptors (Lipinski definition) is 7. The number of aromatic amines is 1. The van der Waals surface area contributed by atoms with Crippen LogP contribution in [0.1, 0.15) is 15.2 Å². The van der Waals surface area contributed by atoms with Gasteiger partial charge in [-0.2, -0.15) is 0 Å². The Labute approximate surface area is 201 Å². The second kappa shape index (κ2) is 10.1. The number of aromatic nitrogens is 2. The number of H-pyrrole nitrogens is 1. The van der Waals surface area contributed by atoms with Gasteiger partial charge in [-0.15, -0.1) is 11.3 Å². The van der Waals surface area contributed by atoms with E-state index in [9.17, 15) is 19.5 Å². The predicted octanol–water partition coefficient (Wildman–Crippen LogP) is 3.70. The number of nitrogens with zero attached hydrogens (tertiary/aromatic N) is 1. The highest BCUT2D eigenvalue weighted by Gasteiger charge is 2.20. The van der Waals surface area contributed by atoms with Gasteiger partial charge in [0.2, 0.25) is 0 Å². The van der Waals surface area contributed by atoms with Crippen molar-refractivity contribution in [3.63, 3.8) is 0 Å². The topological polar surface area (TPSA) is 120 Å². The van der Waals surface area contributed by atoms with Gasteiger partial charge in [-0.1, -0.05) is 29.8 Å². The molecule has 2 aromatic carbocycles. The first-order valence-electron chi connectivity index (χ1n) is 10.0. The van der Waals surface area contributed by atoms with Gasteiger partial charge >= 0.3 is 11.7 Å². The summed E-state index contributed by atoms with van der Waals surface area (Å²) in [7, 11) is 1.59. The molecule has 0 fully saturated rings. The van der Waals surface area contributed by atoms with Gasteiger partial charge < -0.3 is 24.3 Å². The van der Waals surface area contributed by atoms with E-state index in [4.69, 9.17) is 25.8 Å². The number of carbonyl (C=O) groups is 1. The zero-order valence-electron chi connectivity index (χ0n) is 17.9. The number of halogens is 1. The lowest BCUT2D eigenvalue weighted by Crippen LogP contribution is -2.34. The molecule has 0 atom stereocenters. The zero-order valence-corrected chi connectivity index (χ0v) is 19.4. The van der Waals surface area contributed by atoms with Crippen LogP contribution in [-0.4, -0.2) is 41.0 Å². The van der Waals surface area contributed by atoms with Crippen LogP contribution >= 0.6 is 22.9 Å². The van der Waals surface area contributed by atoms with Gasteiger partial charge in [0.1, 0.15) is 29.6 Å². The van der Waals surface area contributed by atoms with Gasteiger partial charge in [0.15, 0.2) is 0 Å². The van der Waals surface area contributed by atoms with Crippen LogP contribution in [0.4, 0.5) is 0 Å². The van der Waals surface area contributed by atoms with E-state index in [2.05, 4.69) is 4.98 Å². The van der Waals surface area contributed by atoms with E-state index < -0.39 is 17.2 Å². The zero-order chi connectivity index (χ0) is 24.2. The van der Waals surface area contributed by atoms with Crippen LogP contribution in [0.25, 0.3) is 16.6 Å². The molecule has 4 rings (SSSR count). The maximum atomic E-state index is 13.1. The van der Waals surface area contributed by atoms with E-state index >= 15 is 0 Å². The van der Waals surface area contributed by atoms with Crippen molar-refractivity contribution in [1.29, 1.82) is 0 Å². The molecule has 11 heteroatoms. The van der Waals surface area contributed by atoms with Crippen LogP contribution < -0.4 is 20.7 Å². The van der Waals surface area contributed by atoms with Crippen molar-refractivity contribution in [3.8, 4) is 17.2 Å². The Morgan fingerprint density at radius 2 is 1.94 bits per heavy atom. The minimum Gasteiger partial charge on any atom is -0.491 e. The summed E-state index contributed by atoms with van der Waals surface area (Å²) in [6.45, 7) is 0.979. The van der Waals surface area contributed by atoms with Crippen molar-refractivity contribution in [2.75, 3.05) is 20.3 Å². The number of fused-ring (bicyclic) bond motifs is 1. The maximum Gasteiger partial charge on any atom is 0.346 e. The Bertz CT molecular complexity index is 1470. The first-order valence-corrected chi connectivity index (χ1v) is 11.3. The van der Waals surface area contributed by atoms with Gasteiger partial charge in [0, 0.05) is 24.1 Å². The molecule has 0 saturated carbocycles. The van der Waals surface area contributed by atoms with Crippen molar-refractivity contribution >= 4 is 39.8 Å². The Kier molecular flexibility index (Phi) is 7.01. The van der Waals surface area contributed by atoms with E-state index in [0.717, 1.165) is 21.5 Å². The minimum absolute atomic E-state index is 0.0690. The fraction of sp³-hybridized carbons (Fsp3) is 0.174. The molecule has 2 aromatic heterocycles. The summed E-state index contributed by atoms with van der Waals surface area (Å²) in [4.78, 5) is 39.7. The Morgan fingerprint density at radius 1 is 1.15 bits per heavy atom. The highest BCUT2D eigenvalue weighted by molar-refractivity contribution is 7.13. The molecule has 0 unspecified atom stereocenters. The van der Waals surface area contributed by atoms with Crippen LogP contribution in [0, 0.1) is 0 Å². The Hall–Kier alpha value is -3.60. The maximum absolute atomic E-state index is 13.1. The van der Waals surface area contributed by atoms with Gasteiger partial charge in [-0.25, -0.2) is 14.2 Å². The van der Waals surface area contributed by atoms with Crippen molar-refractivity contribution < 1.29 is 24.1 Å². The van der Waals surface area contributed by atoms with Crippen LogP contribution in [0.5, 0.6) is 11.5 Å². The van der Waals surface area contributed by atoms with Crippen LogP contribution in [0.15, 0.2) is 57.4 Å². The monoisotopic (exact) mass is 502 g/mol. The molecule has 0 amide bonds. The van der Waals surface area contributed by atoms with E-state index in [-0.39, 0.29) is 33.1 Å². The molecule has 34 heavy (non-hydrogen) atoms. The lowest BCUT2D eigenvalue weighted by molar-refractivity contribution is 0.0704. The SMILES string of the molecule is COCCOc1ccccc1COc1ccc(Cl)c(-n2c(=O)[nH]c3csc(C(=O)O)c3c2=O)c1. The molecule has 176 valence electrons. The quantitative estimate of drug-likeness (QED) is 0.335. The lowest BCUT2D eigenvalue weighted by atomic mass is 10.2. The average molecular weight is 503 g/mol. The smallest absolute Gasteiger partial charge is 0.346 e. The molecule has 0 radical (unpaired) electrons. The molecule has 0 saturated heterocycles. The molecule has 0 bridgehead atoms. The fourth-order valence-electron chi connectivity index (χ4n) is 3.33. The summed E-state index contributed by atoms with van der Waals surface area (Å²) in [5, 5.41) is 10.8. The Balaban J connectivity index is 1.68. The standard InChI is InChI=1S/C23H19ClN2O7S/c1-31-8-9-32-18-5-3-2-4-13(18)11-33-14-6-7-15(24)17(10-14)26-21(27)19-16(25-23(26)30)12-34-20(19)22(28)29/h2-7,10,12H,8-9,11H2,1H3,(H,25,30)(H,28,29). The molecule has 9 nitrogen and oxygen atoms in total. The summed E-state index contributed by atoms with van der Waals surface area (Å²) in [6, 6.07) is 11.9. The Morgan fingerprint density at radius 3 is 2.71 bits per heavy atom. The van der Waals surface area contributed by atoms with Gasteiger partial charge in [0.25, 0.3) is 5.56 Å². The third-order valence-electron chi connectivity index (χ3n) is 4.92. The van der Waals surface area contributed by atoms with Gasteiger partial charge in [0.05, 0.1) is 28.2 Å². The summed E-state index contributed by atoms with van der Waals surface area (Å²) in [5.74, 6) is -0.267. The number of rotatable bonds is 9. The molecule has 2 heterocycles. The second-order valence-electron chi connectivity index (χ2n) is 7.08. The molecule has 0 spiro atoms. The molecule has 0 aliphatic rings. The summed E-state index contributed by atoms with van der Waals surface area (Å²) >= 11 is 7.16. The third kappa shape index (κ3) is 4.69. The fourth-order valence-corrected chi connectivity index (χ4v) is 4.36. The highest BCUT2D eigenvalue weighted by Crippen LogP contribution is 2.27. The van der Waals surface area contributed by atoms with E-state index in [1.165, 1.54) is 17.5 Å². The van der Waals surface area contributed by atoms with E-state index in [0.29, 0.717) is 24.7 Å². The number of nitrogens with one attached hydrogen (secondary N) is 1. The largest absolute Gasteiger partial charge is 0.491 e. The summed E-state index contributed by atoms with van der Waals surface area (Å²) in [6.07, 6.45) is 0. The number of thiophene rings is 1. The molecular weight excluding hydrogens is 484 g/mol. The molecule has 0 aliphatic heterocycles. The van der Waals surface area contributed by atoms with Crippen molar-refractivity contribution in [1.82, 2.24) is 9.55 Å². The van der Waals surface area contributed by atoms with E-state index in [1.807, 2.05) is 24.3 Å². The first-order chi connectivity index (χ1) is 16.4. The first kappa shape index (κ1) is 23.6. The molecule has 2 N–H and O–H groups in total. The number of carboxylic acids is 1. The number of ether oxygens (including phenoxy) is 3. The summed E-state index contributed by atoms with van der Waals surface area (Å²) < 4.78 is 17.4. The minimum atomic E-state index is -1.26. The van der Waals surface area contributed by atoms with Crippen LogP contribution in [0.2, 0.25) is 5.02 Å².